The second-order valence-electron chi connectivity index (χ2n) is 7.90. The second-order valence-corrected chi connectivity index (χ2v) is 7.90. The molecule has 0 spiro atoms. The summed E-state index contributed by atoms with van der Waals surface area (Å²) in [4.78, 5) is 27.9. The monoisotopic (exact) mass is 441 g/mol. The van der Waals surface area contributed by atoms with Crippen molar-refractivity contribution in [3.8, 4) is 0 Å². The molecule has 6 heteroatoms. The molecule has 3 aromatic carbocycles. The van der Waals surface area contributed by atoms with Crippen LogP contribution >= 0.6 is 0 Å². The maximum Gasteiger partial charge on any atom is 0.290 e. The van der Waals surface area contributed by atoms with Crippen molar-refractivity contribution in [3.63, 3.8) is 0 Å². The van der Waals surface area contributed by atoms with E-state index in [4.69, 9.17) is 4.42 Å². The smallest absolute Gasteiger partial charge is 0.290 e. The predicted molar refractivity (Wildman–Crippen MR) is 121 cm³/mol. The molecule has 0 saturated heterocycles. The third-order valence-electron chi connectivity index (χ3n) is 5.88. The van der Waals surface area contributed by atoms with E-state index >= 15 is 0 Å². The fraction of sp³-hybridized carbons (Fsp3) is 0.111. The van der Waals surface area contributed by atoms with Gasteiger partial charge >= 0.3 is 0 Å². The van der Waals surface area contributed by atoms with Gasteiger partial charge in [0.05, 0.1) is 11.6 Å². The number of aliphatic hydroxyl groups is 1. The van der Waals surface area contributed by atoms with Crippen LogP contribution in [0.3, 0.4) is 0 Å². The van der Waals surface area contributed by atoms with E-state index in [2.05, 4.69) is 0 Å². The number of halogens is 1. The Morgan fingerprint density at radius 3 is 2.42 bits per heavy atom. The van der Waals surface area contributed by atoms with E-state index in [1.807, 2.05) is 36.4 Å². The molecule has 4 aromatic rings. The molecule has 1 aromatic heterocycles. The van der Waals surface area contributed by atoms with Crippen LogP contribution in [0.15, 0.2) is 101 Å². The lowest BCUT2D eigenvalue weighted by molar-refractivity contribution is -0.129. The number of nitrogens with zero attached hydrogens (tertiary/aromatic N) is 1. The number of carbonyl (C=O) groups is 2. The number of amides is 1. The Bertz CT molecular complexity index is 1360. The maximum absolute atomic E-state index is 14.9. The number of fused-ring (bicyclic) bond motifs is 1. The quantitative estimate of drug-likeness (QED) is 0.407. The van der Waals surface area contributed by atoms with Crippen LogP contribution < -0.4 is 0 Å². The van der Waals surface area contributed by atoms with Crippen LogP contribution in [0.1, 0.15) is 27.7 Å². The molecular formula is C27H20FNO4. The highest BCUT2D eigenvalue weighted by Gasteiger charge is 2.45. The highest BCUT2D eigenvalue weighted by atomic mass is 19.1. The van der Waals surface area contributed by atoms with Crippen molar-refractivity contribution in [2.75, 3.05) is 6.54 Å². The van der Waals surface area contributed by atoms with Crippen LogP contribution in [0.25, 0.3) is 11.0 Å². The molecule has 0 fully saturated rings. The van der Waals surface area contributed by atoms with Gasteiger partial charge < -0.3 is 14.4 Å². The summed E-state index contributed by atoms with van der Waals surface area (Å²) in [5.41, 5.74) is 1.45. The zero-order chi connectivity index (χ0) is 22.9. The summed E-state index contributed by atoms with van der Waals surface area (Å²) in [5.74, 6) is -2.62. The number of Topliss-reactive ketones (excluding diaryl/α,β-unsaturated/α-hetero) is 1. The number of hydrogen-bond donors (Lipinski definition) is 1. The molecule has 1 aliphatic heterocycles. The van der Waals surface area contributed by atoms with Crippen molar-refractivity contribution in [2.45, 2.75) is 12.5 Å². The van der Waals surface area contributed by atoms with Crippen molar-refractivity contribution in [2.24, 2.45) is 0 Å². The molecule has 5 nitrogen and oxygen atoms in total. The minimum Gasteiger partial charge on any atom is -0.503 e. The minimum atomic E-state index is -1.07. The average molecular weight is 441 g/mol. The van der Waals surface area contributed by atoms with Gasteiger partial charge in [0.15, 0.2) is 11.5 Å². The number of para-hydroxylation sites is 1. The van der Waals surface area contributed by atoms with E-state index in [9.17, 15) is 19.1 Å². The summed E-state index contributed by atoms with van der Waals surface area (Å²) < 4.78 is 20.5. The van der Waals surface area contributed by atoms with Crippen LogP contribution in [0.5, 0.6) is 0 Å². The van der Waals surface area contributed by atoms with Gasteiger partial charge in [0.2, 0.25) is 5.78 Å². The van der Waals surface area contributed by atoms with Gasteiger partial charge in [-0.2, -0.15) is 0 Å². The van der Waals surface area contributed by atoms with E-state index in [1.54, 1.807) is 30.3 Å². The van der Waals surface area contributed by atoms with E-state index < -0.39 is 29.3 Å². The van der Waals surface area contributed by atoms with Gasteiger partial charge in [-0.05, 0) is 30.2 Å². The summed E-state index contributed by atoms with van der Waals surface area (Å²) in [5, 5.41) is 11.5. The van der Waals surface area contributed by atoms with Gasteiger partial charge in [-0.25, -0.2) is 4.39 Å². The molecule has 1 unspecified atom stereocenters. The number of hydrogen-bond acceptors (Lipinski definition) is 4. The van der Waals surface area contributed by atoms with Crippen molar-refractivity contribution in [1.82, 2.24) is 4.90 Å². The third-order valence-corrected chi connectivity index (χ3v) is 5.88. The minimum absolute atomic E-state index is 0.0169. The highest BCUT2D eigenvalue weighted by molar-refractivity contribution is 6.16. The van der Waals surface area contributed by atoms with E-state index in [-0.39, 0.29) is 23.4 Å². The lowest BCUT2D eigenvalue weighted by atomic mass is 9.94. The highest BCUT2D eigenvalue weighted by Crippen LogP contribution is 2.40. The fourth-order valence-corrected chi connectivity index (χ4v) is 4.26. The molecule has 0 aliphatic carbocycles. The summed E-state index contributed by atoms with van der Waals surface area (Å²) in [6, 6.07) is 23.1. The van der Waals surface area contributed by atoms with E-state index in [0.29, 0.717) is 17.4 Å². The van der Waals surface area contributed by atoms with Crippen LogP contribution in [0.2, 0.25) is 0 Å². The number of ketones is 1. The number of carbonyl (C=O) groups excluding carboxylic acids is 2. The van der Waals surface area contributed by atoms with Gasteiger partial charge in [0.1, 0.15) is 11.4 Å². The van der Waals surface area contributed by atoms with Gasteiger partial charge in [-0.1, -0.05) is 66.7 Å². The average Bonchev–Trinajstić information content (AvgIpc) is 3.38. The third kappa shape index (κ3) is 3.69. The molecule has 164 valence electrons. The maximum atomic E-state index is 14.9. The Morgan fingerprint density at radius 1 is 0.970 bits per heavy atom. The lowest BCUT2D eigenvalue weighted by Crippen LogP contribution is -2.33. The molecule has 0 bridgehead atoms. The second kappa shape index (κ2) is 8.39. The molecular weight excluding hydrogens is 421 g/mol. The normalized spacial score (nSPS) is 16.1. The number of aliphatic hydroxyl groups excluding tert-OH is 1. The number of rotatable bonds is 6. The Hall–Kier alpha value is -4.19. The summed E-state index contributed by atoms with van der Waals surface area (Å²) in [7, 11) is 0. The van der Waals surface area contributed by atoms with Gasteiger partial charge in [-0.3, -0.25) is 9.59 Å². The Morgan fingerprint density at radius 2 is 1.67 bits per heavy atom. The fourth-order valence-electron chi connectivity index (χ4n) is 4.26. The lowest BCUT2D eigenvalue weighted by Gasteiger charge is -2.27. The molecule has 1 aliphatic rings. The van der Waals surface area contributed by atoms with Crippen molar-refractivity contribution < 1.29 is 23.5 Å². The standard InChI is InChI=1S/C27H20FNO4/c28-20-12-6-5-11-19(20)24-23(25(30)22-16-18-10-4-7-13-21(18)33-22)26(31)27(32)29(24)15-14-17-8-2-1-3-9-17/h1-13,16,24,31H,14-15H2. The predicted octanol–water partition coefficient (Wildman–Crippen LogP) is 5.39. The summed E-state index contributed by atoms with van der Waals surface area (Å²) in [6.07, 6.45) is 0.483. The first-order valence-corrected chi connectivity index (χ1v) is 10.6. The zero-order valence-electron chi connectivity index (χ0n) is 17.6. The topological polar surface area (TPSA) is 70.8 Å². The Labute approximate surface area is 189 Å². The van der Waals surface area contributed by atoms with Gasteiger partial charge in [0.25, 0.3) is 5.91 Å². The summed E-state index contributed by atoms with van der Waals surface area (Å²) >= 11 is 0. The molecule has 1 N–H and O–H groups in total. The molecule has 1 atom stereocenters. The van der Waals surface area contributed by atoms with Gasteiger partial charge in [-0.15, -0.1) is 0 Å². The summed E-state index contributed by atoms with van der Waals surface area (Å²) in [6.45, 7) is 0.197. The van der Waals surface area contributed by atoms with Crippen molar-refractivity contribution in [1.29, 1.82) is 0 Å². The Kier molecular flexibility index (Phi) is 5.26. The molecule has 2 heterocycles. The van der Waals surface area contributed by atoms with Crippen molar-refractivity contribution >= 4 is 22.7 Å². The van der Waals surface area contributed by atoms with E-state index in [1.165, 1.54) is 23.1 Å². The molecule has 0 radical (unpaired) electrons. The number of furan rings is 1. The van der Waals surface area contributed by atoms with Gasteiger partial charge in [0, 0.05) is 17.5 Å². The molecule has 5 rings (SSSR count). The Balaban J connectivity index is 1.56. The van der Waals surface area contributed by atoms with Crippen LogP contribution in [0.4, 0.5) is 4.39 Å². The molecule has 1 amide bonds. The molecule has 0 saturated carbocycles. The first-order chi connectivity index (χ1) is 16.0. The van der Waals surface area contributed by atoms with E-state index in [0.717, 1.165) is 5.56 Å². The van der Waals surface area contributed by atoms with Crippen LogP contribution in [-0.2, 0) is 11.2 Å². The largest absolute Gasteiger partial charge is 0.503 e. The number of benzene rings is 3. The zero-order valence-corrected chi connectivity index (χ0v) is 17.6. The van der Waals surface area contributed by atoms with Crippen molar-refractivity contribution in [3.05, 3.63) is 119 Å². The first kappa shape index (κ1) is 20.7. The SMILES string of the molecule is O=C(C1=C(O)C(=O)N(CCc2ccccc2)C1c1ccccc1F)c1cc2ccccc2o1. The van der Waals surface area contributed by atoms with Crippen LogP contribution in [0, 0.1) is 5.82 Å². The first-order valence-electron chi connectivity index (χ1n) is 10.6. The molecule has 33 heavy (non-hydrogen) atoms. The van der Waals surface area contributed by atoms with Crippen LogP contribution in [-0.4, -0.2) is 28.2 Å².